The molecule has 2 atom stereocenters. The van der Waals surface area contributed by atoms with E-state index >= 15 is 0 Å². The minimum Gasteiger partial charge on any atom is -0.387 e. The highest BCUT2D eigenvalue weighted by Gasteiger charge is 2.49. The van der Waals surface area contributed by atoms with Crippen LogP contribution < -0.4 is 5.56 Å². The first-order chi connectivity index (χ1) is 19.5. The van der Waals surface area contributed by atoms with Gasteiger partial charge in [0.1, 0.15) is 0 Å². The van der Waals surface area contributed by atoms with E-state index in [1.807, 2.05) is 49.1 Å². The average Bonchev–Trinajstić information content (AvgIpc) is 2.95. The van der Waals surface area contributed by atoms with Crippen LogP contribution >= 0.6 is 0 Å². The van der Waals surface area contributed by atoms with Gasteiger partial charge in [0.2, 0.25) is 5.91 Å². The summed E-state index contributed by atoms with van der Waals surface area (Å²) in [6, 6.07) is 10.9. The van der Waals surface area contributed by atoms with Gasteiger partial charge in [0, 0.05) is 57.5 Å². The normalized spacial score (nSPS) is 21.9. The maximum atomic E-state index is 13.7. The van der Waals surface area contributed by atoms with Crippen molar-refractivity contribution >= 4 is 11.8 Å². The second kappa shape index (κ2) is 12.9. The van der Waals surface area contributed by atoms with Crippen LogP contribution in [0.3, 0.4) is 0 Å². The lowest BCUT2D eigenvalue weighted by Crippen LogP contribution is -2.61. The molecule has 1 N–H and O–H groups in total. The van der Waals surface area contributed by atoms with Crippen molar-refractivity contribution in [3.8, 4) is 11.1 Å². The number of ether oxygens (including phenoxy) is 1. The summed E-state index contributed by atoms with van der Waals surface area (Å²) >= 11 is 0. The monoisotopic (exact) mass is 565 g/mol. The lowest BCUT2D eigenvalue weighted by Gasteiger charge is -2.51. The van der Waals surface area contributed by atoms with Gasteiger partial charge in [0.15, 0.2) is 0 Å². The SMILES string of the molecule is COC[C@H](CC1CCCCC1)C(=O)N1CC[C@@](O)(Cn2cc(C(=O)N(C)C)c(-c3ccccc3)cc2=O)C(C)(C)C1. The molecule has 2 aliphatic rings. The van der Waals surface area contributed by atoms with Crippen LogP contribution in [0.25, 0.3) is 11.1 Å². The van der Waals surface area contributed by atoms with E-state index in [0.29, 0.717) is 43.2 Å². The van der Waals surface area contributed by atoms with E-state index < -0.39 is 11.0 Å². The van der Waals surface area contributed by atoms with Crippen LogP contribution in [0.5, 0.6) is 0 Å². The Labute approximate surface area is 244 Å². The molecule has 0 radical (unpaired) electrons. The molecule has 1 aromatic heterocycles. The standard InChI is InChI=1S/C33H47N3O5/c1-32(2)22-35(30(38)26(21-41-5)18-24-12-8-6-9-13-24)17-16-33(32,40)23-36-20-28(31(39)34(3)4)27(19-29(36)37)25-14-10-7-11-15-25/h7,10-11,14-15,19-20,24,26,40H,6,8-9,12-13,16-18,21-23H2,1-5H3/t26-,33+/m0/s1. The highest BCUT2D eigenvalue weighted by molar-refractivity contribution is 6.00. The first-order valence-electron chi connectivity index (χ1n) is 15.0. The molecule has 0 spiro atoms. The van der Waals surface area contributed by atoms with E-state index in [4.69, 9.17) is 4.74 Å². The van der Waals surface area contributed by atoms with Crippen LogP contribution in [0.1, 0.15) is 69.2 Å². The van der Waals surface area contributed by atoms with Crippen LogP contribution in [0.15, 0.2) is 47.4 Å². The van der Waals surface area contributed by atoms with Gasteiger partial charge in [0.05, 0.1) is 30.2 Å². The molecule has 8 nitrogen and oxygen atoms in total. The van der Waals surface area contributed by atoms with Gasteiger partial charge in [-0.1, -0.05) is 76.3 Å². The zero-order valence-corrected chi connectivity index (χ0v) is 25.4. The first-order valence-corrected chi connectivity index (χ1v) is 15.0. The Bertz CT molecular complexity index is 1270. The number of nitrogens with zero attached hydrogens (tertiary/aromatic N) is 3. The van der Waals surface area contributed by atoms with E-state index in [9.17, 15) is 19.5 Å². The number of benzene rings is 1. The summed E-state index contributed by atoms with van der Waals surface area (Å²) in [6.07, 6.45) is 8.85. The van der Waals surface area contributed by atoms with Crippen LogP contribution in [0, 0.1) is 17.3 Å². The second-order valence-corrected chi connectivity index (χ2v) is 12.9. The first kappa shape index (κ1) is 31.0. The van der Waals surface area contributed by atoms with Gasteiger partial charge in [-0.05, 0) is 24.3 Å². The summed E-state index contributed by atoms with van der Waals surface area (Å²) < 4.78 is 6.92. The number of aromatic nitrogens is 1. The largest absolute Gasteiger partial charge is 0.387 e. The fourth-order valence-corrected chi connectivity index (χ4v) is 6.61. The van der Waals surface area contributed by atoms with Crippen LogP contribution in [0.2, 0.25) is 0 Å². The van der Waals surface area contributed by atoms with Crippen LogP contribution in [-0.2, 0) is 16.1 Å². The van der Waals surface area contributed by atoms with Gasteiger partial charge in [0.25, 0.3) is 11.5 Å². The number of carbonyl (C=O) groups is 2. The molecule has 1 saturated heterocycles. The van der Waals surface area contributed by atoms with E-state index in [-0.39, 0.29) is 29.8 Å². The molecule has 0 bridgehead atoms. The number of aliphatic hydroxyl groups is 1. The molecule has 1 saturated carbocycles. The summed E-state index contributed by atoms with van der Waals surface area (Å²) in [5, 5.41) is 12.0. The smallest absolute Gasteiger partial charge is 0.255 e. The average molecular weight is 566 g/mol. The summed E-state index contributed by atoms with van der Waals surface area (Å²) in [7, 11) is 5.01. The molecular formula is C33H47N3O5. The van der Waals surface area contributed by atoms with Crippen molar-refractivity contribution < 1.29 is 19.4 Å². The third-order valence-electron chi connectivity index (χ3n) is 9.29. The number of carbonyl (C=O) groups excluding carboxylic acids is 2. The summed E-state index contributed by atoms with van der Waals surface area (Å²) in [5.74, 6) is 0.257. The highest BCUT2D eigenvalue weighted by Crippen LogP contribution is 2.41. The maximum Gasteiger partial charge on any atom is 0.255 e. The van der Waals surface area contributed by atoms with Crippen molar-refractivity contribution in [1.82, 2.24) is 14.4 Å². The summed E-state index contributed by atoms with van der Waals surface area (Å²) in [6.45, 7) is 5.13. The molecule has 4 rings (SSSR count). The molecule has 0 unspecified atom stereocenters. The number of amides is 2. The van der Waals surface area contributed by atoms with Crippen molar-refractivity contribution in [2.45, 2.75) is 70.9 Å². The van der Waals surface area contributed by atoms with E-state index in [1.165, 1.54) is 47.6 Å². The van der Waals surface area contributed by atoms with Crippen LogP contribution in [-0.4, -0.2) is 77.8 Å². The molecule has 1 aliphatic carbocycles. The second-order valence-electron chi connectivity index (χ2n) is 12.9. The third-order valence-corrected chi connectivity index (χ3v) is 9.29. The molecule has 41 heavy (non-hydrogen) atoms. The molecule has 1 aromatic carbocycles. The Kier molecular flexibility index (Phi) is 9.75. The molecule has 1 aliphatic heterocycles. The summed E-state index contributed by atoms with van der Waals surface area (Å²) in [5.41, 5.74) is -0.465. The van der Waals surface area contributed by atoms with Gasteiger partial charge in [-0.25, -0.2) is 0 Å². The Morgan fingerprint density at radius 1 is 1.12 bits per heavy atom. The molecule has 2 amide bonds. The Morgan fingerprint density at radius 2 is 1.80 bits per heavy atom. The van der Waals surface area contributed by atoms with Gasteiger partial charge in [-0.3, -0.25) is 14.4 Å². The molecule has 2 fully saturated rings. The quantitative estimate of drug-likeness (QED) is 0.486. The number of rotatable bonds is 9. The minimum atomic E-state index is -1.25. The van der Waals surface area contributed by atoms with Crippen molar-refractivity contribution in [1.29, 1.82) is 0 Å². The molecular weight excluding hydrogens is 518 g/mol. The lowest BCUT2D eigenvalue weighted by atomic mass is 9.69. The molecule has 2 aromatic rings. The van der Waals surface area contributed by atoms with Crippen molar-refractivity contribution in [3.05, 3.63) is 58.5 Å². The lowest BCUT2D eigenvalue weighted by molar-refractivity contribution is -0.159. The number of hydrogen-bond donors (Lipinski definition) is 1. The van der Waals surface area contributed by atoms with E-state index in [0.717, 1.165) is 12.0 Å². The molecule has 8 heteroatoms. The third kappa shape index (κ3) is 6.92. The highest BCUT2D eigenvalue weighted by atomic mass is 16.5. The minimum absolute atomic E-state index is 0.0349. The Morgan fingerprint density at radius 3 is 2.41 bits per heavy atom. The number of hydrogen-bond acceptors (Lipinski definition) is 5. The summed E-state index contributed by atoms with van der Waals surface area (Å²) in [4.78, 5) is 43.6. The van der Waals surface area contributed by atoms with Gasteiger partial charge in [-0.2, -0.15) is 0 Å². The number of likely N-dealkylation sites (tertiary alicyclic amines) is 1. The topological polar surface area (TPSA) is 92.1 Å². The number of piperidine rings is 1. The maximum absolute atomic E-state index is 13.7. The fraction of sp³-hybridized carbons (Fsp3) is 0.606. The Balaban J connectivity index is 1.56. The van der Waals surface area contributed by atoms with Gasteiger partial charge < -0.3 is 24.2 Å². The van der Waals surface area contributed by atoms with Crippen molar-refractivity contribution in [2.75, 3.05) is 40.9 Å². The predicted molar refractivity (Wildman–Crippen MR) is 161 cm³/mol. The van der Waals surface area contributed by atoms with Crippen LogP contribution in [0.4, 0.5) is 0 Å². The zero-order valence-electron chi connectivity index (χ0n) is 25.4. The fourth-order valence-electron chi connectivity index (χ4n) is 6.61. The zero-order chi connectivity index (χ0) is 29.8. The Hall–Kier alpha value is -2.97. The van der Waals surface area contributed by atoms with E-state index in [2.05, 4.69) is 0 Å². The van der Waals surface area contributed by atoms with Crippen molar-refractivity contribution in [3.63, 3.8) is 0 Å². The van der Waals surface area contributed by atoms with Gasteiger partial charge >= 0.3 is 0 Å². The predicted octanol–water partition coefficient (Wildman–Crippen LogP) is 4.44. The molecule has 224 valence electrons. The van der Waals surface area contributed by atoms with Crippen molar-refractivity contribution in [2.24, 2.45) is 17.3 Å². The van der Waals surface area contributed by atoms with Gasteiger partial charge in [-0.15, -0.1) is 0 Å². The van der Waals surface area contributed by atoms with E-state index in [1.54, 1.807) is 27.4 Å². The molecule has 2 heterocycles. The number of methoxy groups -OCH3 is 1. The number of pyridine rings is 1.